The van der Waals surface area contributed by atoms with E-state index in [4.69, 9.17) is 14.2 Å². The van der Waals surface area contributed by atoms with Gasteiger partial charge in [0.15, 0.2) is 0 Å². The second kappa shape index (κ2) is 7.48. The van der Waals surface area contributed by atoms with Gasteiger partial charge in [0, 0.05) is 0 Å². The van der Waals surface area contributed by atoms with E-state index in [1.54, 1.807) is 41.5 Å². The molecule has 0 aromatic carbocycles. The Balaban J connectivity index is 3.53. The van der Waals surface area contributed by atoms with E-state index >= 15 is 0 Å². The zero-order chi connectivity index (χ0) is 15.1. The van der Waals surface area contributed by atoms with Crippen molar-refractivity contribution in [3.05, 3.63) is 0 Å². The maximum Gasteiger partial charge on any atom is 0.311 e. The first-order valence-corrected chi connectivity index (χ1v) is 6.47. The van der Waals surface area contributed by atoms with Gasteiger partial charge in [-0.15, -0.1) is 0 Å². The second-order valence-corrected chi connectivity index (χ2v) is 6.38. The minimum atomic E-state index is -0.498. The van der Waals surface area contributed by atoms with Crippen LogP contribution >= 0.6 is 0 Å². The quantitative estimate of drug-likeness (QED) is 0.549. The molecular weight excluding hydrogens is 248 g/mol. The molecule has 0 saturated carbocycles. The molecule has 5 nitrogen and oxygen atoms in total. The van der Waals surface area contributed by atoms with Crippen LogP contribution in [0.1, 0.15) is 41.5 Å². The number of hydrogen-bond acceptors (Lipinski definition) is 5. The van der Waals surface area contributed by atoms with E-state index in [9.17, 15) is 9.59 Å². The van der Waals surface area contributed by atoms with Gasteiger partial charge in [0.05, 0.1) is 24.0 Å². The van der Waals surface area contributed by atoms with Crippen molar-refractivity contribution in [1.82, 2.24) is 0 Å². The number of rotatable bonds is 6. The molecule has 0 fully saturated rings. The maximum absolute atomic E-state index is 11.4. The molecule has 0 amide bonds. The summed E-state index contributed by atoms with van der Waals surface area (Å²) in [7, 11) is 0. The highest BCUT2D eigenvalue weighted by molar-refractivity contribution is 5.75. The highest BCUT2D eigenvalue weighted by atomic mass is 16.6. The van der Waals surface area contributed by atoms with Gasteiger partial charge in [0.2, 0.25) is 0 Å². The summed E-state index contributed by atoms with van der Waals surface area (Å²) in [4.78, 5) is 22.8. The molecule has 5 heteroatoms. The Morgan fingerprint density at radius 1 is 0.684 bits per heavy atom. The smallest absolute Gasteiger partial charge is 0.311 e. The largest absolute Gasteiger partial charge is 0.463 e. The fourth-order valence-electron chi connectivity index (χ4n) is 0.922. The summed E-state index contributed by atoms with van der Waals surface area (Å²) < 4.78 is 15.2. The van der Waals surface area contributed by atoms with Gasteiger partial charge in [-0.25, -0.2) is 0 Å². The van der Waals surface area contributed by atoms with Crippen LogP contribution in [-0.2, 0) is 23.8 Å². The molecule has 0 bridgehead atoms. The number of ether oxygens (including phenoxy) is 3. The Morgan fingerprint density at radius 3 is 1.26 bits per heavy atom. The molecule has 0 aromatic rings. The van der Waals surface area contributed by atoms with Gasteiger partial charge < -0.3 is 14.2 Å². The third-order valence-corrected chi connectivity index (χ3v) is 2.15. The summed E-state index contributed by atoms with van der Waals surface area (Å²) in [5.74, 6) is -0.509. The van der Waals surface area contributed by atoms with E-state index in [2.05, 4.69) is 0 Å². The first-order valence-electron chi connectivity index (χ1n) is 6.47. The van der Waals surface area contributed by atoms with Crippen molar-refractivity contribution in [3.8, 4) is 0 Å². The molecule has 0 aromatic heterocycles. The van der Waals surface area contributed by atoms with Crippen LogP contribution in [0.15, 0.2) is 0 Å². The first kappa shape index (κ1) is 17.9. The molecule has 0 rings (SSSR count). The van der Waals surface area contributed by atoms with Crippen molar-refractivity contribution in [2.24, 2.45) is 10.8 Å². The standard InChI is InChI=1S/C14H26O5/c1-13(2,3)11(15)18-9-7-17-8-10-19-12(16)14(4,5)6/h7-10H2,1-6H3. The second-order valence-electron chi connectivity index (χ2n) is 6.38. The summed E-state index contributed by atoms with van der Waals surface area (Å²) in [5.41, 5.74) is -0.996. The van der Waals surface area contributed by atoms with Crippen LogP contribution in [0, 0.1) is 10.8 Å². The fourth-order valence-corrected chi connectivity index (χ4v) is 0.922. The SMILES string of the molecule is CC(C)(C)C(=O)OCCOCCOC(=O)C(C)(C)C. The first-order chi connectivity index (χ1) is 8.55. The molecule has 0 atom stereocenters. The van der Waals surface area contributed by atoms with E-state index in [0.717, 1.165) is 0 Å². The lowest BCUT2D eigenvalue weighted by atomic mass is 9.97. The summed E-state index contributed by atoms with van der Waals surface area (Å²) in [5, 5.41) is 0. The van der Waals surface area contributed by atoms with Crippen molar-refractivity contribution in [1.29, 1.82) is 0 Å². The number of carbonyl (C=O) groups excluding carboxylic acids is 2. The van der Waals surface area contributed by atoms with Crippen molar-refractivity contribution in [3.63, 3.8) is 0 Å². The molecule has 19 heavy (non-hydrogen) atoms. The van der Waals surface area contributed by atoms with Crippen molar-refractivity contribution >= 4 is 11.9 Å². The molecule has 0 aliphatic rings. The number of hydrogen-bond donors (Lipinski definition) is 0. The van der Waals surface area contributed by atoms with Crippen LogP contribution in [0.4, 0.5) is 0 Å². The van der Waals surface area contributed by atoms with Crippen LogP contribution < -0.4 is 0 Å². The van der Waals surface area contributed by atoms with E-state index in [0.29, 0.717) is 13.2 Å². The van der Waals surface area contributed by atoms with Crippen molar-refractivity contribution in [2.75, 3.05) is 26.4 Å². The van der Waals surface area contributed by atoms with Gasteiger partial charge in [0.25, 0.3) is 0 Å². The summed E-state index contributed by atoms with van der Waals surface area (Å²) >= 11 is 0. The topological polar surface area (TPSA) is 61.8 Å². The Kier molecular flexibility index (Phi) is 7.05. The average molecular weight is 274 g/mol. The molecule has 0 aliphatic heterocycles. The summed E-state index contributed by atoms with van der Waals surface area (Å²) in [6, 6.07) is 0. The lowest BCUT2D eigenvalue weighted by Crippen LogP contribution is -2.26. The predicted octanol–water partition coefficient (Wildman–Crippen LogP) is 2.18. The van der Waals surface area contributed by atoms with E-state index < -0.39 is 10.8 Å². The molecule has 0 saturated heterocycles. The van der Waals surface area contributed by atoms with Gasteiger partial charge in [0.1, 0.15) is 13.2 Å². The van der Waals surface area contributed by atoms with Crippen LogP contribution in [0.25, 0.3) is 0 Å². The Labute approximate surface area is 115 Å². The normalized spacial score (nSPS) is 12.1. The Bertz CT molecular complexity index is 266. The zero-order valence-corrected chi connectivity index (χ0v) is 12.9. The molecule has 0 unspecified atom stereocenters. The van der Waals surface area contributed by atoms with Crippen LogP contribution in [0.3, 0.4) is 0 Å². The van der Waals surface area contributed by atoms with Crippen LogP contribution in [0.2, 0.25) is 0 Å². The minimum Gasteiger partial charge on any atom is -0.463 e. The fraction of sp³-hybridized carbons (Fsp3) is 0.857. The lowest BCUT2D eigenvalue weighted by molar-refractivity contribution is -0.156. The van der Waals surface area contributed by atoms with Gasteiger partial charge in [-0.1, -0.05) is 0 Å². The van der Waals surface area contributed by atoms with Gasteiger partial charge in [-0.05, 0) is 41.5 Å². The third kappa shape index (κ3) is 8.59. The Hall–Kier alpha value is -1.10. The van der Waals surface area contributed by atoms with Gasteiger partial charge in [-0.2, -0.15) is 0 Å². The van der Waals surface area contributed by atoms with Gasteiger partial charge in [-0.3, -0.25) is 9.59 Å². The molecule has 0 radical (unpaired) electrons. The van der Waals surface area contributed by atoms with E-state index in [1.807, 2.05) is 0 Å². The van der Waals surface area contributed by atoms with Gasteiger partial charge >= 0.3 is 11.9 Å². The summed E-state index contributed by atoms with van der Waals surface area (Å²) in [6.07, 6.45) is 0. The zero-order valence-electron chi connectivity index (χ0n) is 12.9. The number of esters is 2. The van der Waals surface area contributed by atoms with Crippen LogP contribution in [0.5, 0.6) is 0 Å². The minimum absolute atomic E-state index is 0.212. The maximum atomic E-state index is 11.4. The molecule has 0 N–H and O–H groups in total. The number of carbonyl (C=O) groups is 2. The molecule has 0 aliphatic carbocycles. The molecular formula is C14H26O5. The van der Waals surface area contributed by atoms with Crippen molar-refractivity contribution < 1.29 is 23.8 Å². The molecule has 0 heterocycles. The third-order valence-electron chi connectivity index (χ3n) is 2.15. The highest BCUT2D eigenvalue weighted by Gasteiger charge is 2.23. The lowest BCUT2D eigenvalue weighted by Gasteiger charge is -2.17. The van der Waals surface area contributed by atoms with Crippen LogP contribution in [-0.4, -0.2) is 38.4 Å². The van der Waals surface area contributed by atoms with E-state index in [-0.39, 0.29) is 25.2 Å². The summed E-state index contributed by atoms with van der Waals surface area (Å²) in [6.45, 7) is 11.8. The van der Waals surface area contributed by atoms with E-state index in [1.165, 1.54) is 0 Å². The highest BCUT2D eigenvalue weighted by Crippen LogP contribution is 2.15. The molecule has 0 spiro atoms. The van der Waals surface area contributed by atoms with Crippen molar-refractivity contribution in [2.45, 2.75) is 41.5 Å². The monoisotopic (exact) mass is 274 g/mol. The predicted molar refractivity (Wildman–Crippen MR) is 71.6 cm³/mol. The molecule has 112 valence electrons. The average Bonchev–Trinajstić information content (AvgIpc) is 2.24. The Morgan fingerprint density at radius 2 is 1.00 bits per heavy atom.